The lowest BCUT2D eigenvalue weighted by Crippen LogP contribution is -2.35. The van der Waals surface area contributed by atoms with Gasteiger partial charge in [0.25, 0.3) is 0 Å². The summed E-state index contributed by atoms with van der Waals surface area (Å²) in [5.41, 5.74) is 7.65. The summed E-state index contributed by atoms with van der Waals surface area (Å²) >= 11 is 0. The van der Waals surface area contributed by atoms with Gasteiger partial charge in [-0.15, -0.1) is 0 Å². The second-order valence-corrected chi connectivity index (χ2v) is 5.72. The van der Waals surface area contributed by atoms with Crippen LogP contribution < -0.4 is 16.7 Å². The standard InChI is InChI=1S/C15H20N4O2/c16-8-9-3-1-2-4-11(9)14(20)17-10-5-6-12-13(7-10)19-15(21)18-12/h5-7,9,11H,1-4,8,16H2,(H,17,20)(H2,18,19,21). The van der Waals surface area contributed by atoms with E-state index in [1.807, 2.05) is 0 Å². The number of rotatable bonds is 3. The monoisotopic (exact) mass is 288 g/mol. The molecule has 0 spiro atoms. The van der Waals surface area contributed by atoms with Gasteiger partial charge < -0.3 is 21.0 Å². The number of nitrogens with one attached hydrogen (secondary N) is 3. The van der Waals surface area contributed by atoms with Crippen LogP contribution in [0.1, 0.15) is 25.7 Å². The molecule has 0 radical (unpaired) electrons. The van der Waals surface area contributed by atoms with E-state index in [1.54, 1.807) is 18.2 Å². The fraction of sp³-hybridized carbons (Fsp3) is 0.467. The molecule has 6 nitrogen and oxygen atoms in total. The van der Waals surface area contributed by atoms with Crippen LogP contribution in [0.3, 0.4) is 0 Å². The van der Waals surface area contributed by atoms with Crippen LogP contribution >= 0.6 is 0 Å². The van der Waals surface area contributed by atoms with Crippen molar-refractivity contribution in [3.8, 4) is 0 Å². The Bertz CT molecular complexity index is 703. The van der Waals surface area contributed by atoms with Crippen molar-refractivity contribution in [2.45, 2.75) is 25.7 Å². The van der Waals surface area contributed by atoms with Crippen LogP contribution in [-0.4, -0.2) is 22.4 Å². The molecule has 1 heterocycles. The van der Waals surface area contributed by atoms with E-state index in [0.717, 1.165) is 31.2 Å². The smallest absolute Gasteiger partial charge is 0.323 e. The van der Waals surface area contributed by atoms with Gasteiger partial charge in [-0.1, -0.05) is 12.8 Å². The lowest BCUT2D eigenvalue weighted by Gasteiger charge is -2.29. The average Bonchev–Trinajstić information content (AvgIpc) is 2.86. The number of hydrogen-bond donors (Lipinski definition) is 4. The van der Waals surface area contributed by atoms with Gasteiger partial charge in [-0.3, -0.25) is 4.79 Å². The number of amides is 1. The number of aromatic amines is 2. The predicted molar refractivity (Wildman–Crippen MR) is 82.1 cm³/mol. The SMILES string of the molecule is NCC1CCCCC1C(=O)Nc1ccc2[nH]c(=O)[nH]c2c1. The lowest BCUT2D eigenvalue weighted by molar-refractivity contribution is -0.122. The fourth-order valence-corrected chi connectivity index (χ4v) is 3.18. The van der Waals surface area contributed by atoms with Crippen molar-refractivity contribution < 1.29 is 4.79 Å². The molecule has 1 aliphatic carbocycles. The molecule has 2 atom stereocenters. The molecule has 1 aliphatic rings. The summed E-state index contributed by atoms with van der Waals surface area (Å²) in [6.07, 6.45) is 4.16. The van der Waals surface area contributed by atoms with Gasteiger partial charge in [0.15, 0.2) is 0 Å². The molecular weight excluding hydrogens is 268 g/mol. The van der Waals surface area contributed by atoms with E-state index in [-0.39, 0.29) is 23.4 Å². The second kappa shape index (κ2) is 5.73. The summed E-state index contributed by atoms with van der Waals surface area (Å²) in [6, 6.07) is 5.35. The fourth-order valence-electron chi connectivity index (χ4n) is 3.18. The number of carbonyl (C=O) groups is 1. The maximum Gasteiger partial charge on any atom is 0.323 e. The zero-order valence-electron chi connectivity index (χ0n) is 11.8. The van der Waals surface area contributed by atoms with Crippen molar-refractivity contribution in [1.82, 2.24) is 9.97 Å². The molecule has 1 amide bonds. The third kappa shape index (κ3) is 2.85. The Morgan fingerprint density at radius 1 is 1.24 bits per heavy atom. The van der Waals surface area contributed by atoms with Gasteiger partial charge >= 0.3 is 5.69 Å². The Balaban J connectivity index is 1.77. The first-order chi connectivity index (χ1) is 10.2. The molecule has 112 valence electrons. The molecule has 5 N–H and O–H groups in total. The quantitative estimate of drug-likeness (QED) is 0.689. The molecule has 21 heavy (non-hydrogen) atoms. The molecule has 1 saturated carbocycles. The Labute approximate surface area is 122 Å². The van der Waals surface area contributed by atoms with Crippen LogP contribution in [0.5, 0.6) is 0 Å². The minimum Gasteiger partial charge on any atom is -0.330 e. The number of anilines is 1. The van der Waals surface area contributed by atoms with E-state index in [9.17, 15) is 9.59 Å². The van der Waals surface area contributed by atoms with E-state index >= 15 is 0 Å². The number of hydrogen-bond acceptors (Lipinski definition) is 3. The number of nitrogens with two attached hydrogens (primary N) is 1. The summed E-state index contributed by atoms with van der Waals surface area (Å²) in [7, 11) is 0. The van der Waals surface area contributed by atoms with Gasteiger partial charge in [0.1, 0.15) is 0 Å². The average molecular weight is 288 g/mol. The molecule has 3 rings (SSSR count). The number of imidazole rings is 1. The summed E-state index contributed by atoms with van der Waals surface area (Å²) in [5.74, 6) is 0.293. The first-order valence-electron chi connectivity index (χ1n) is 7.40. The van der Waals surface area contributed by atoms with Crippen molar-refractivity contribution >= 4 is 22.6 Å². The molecule has 1 aromatic heterocycles. The minimum atomic E-state index is -0.246. The third-order valence-corrected chi connectivity index (χ3v) is 4.33. The highest BCUT2D eigenvalue weighted by molar-refractivity contribution is 5.94. The van der Waals surface area contributed by atoms with Gasteiger partial charge in [0, 0.05) is 11.6 Å². The van der Waals surface area contributed by atoms with Gasteiger partial charge in [0.2, 0.25) is 5.91 Å². The maximum atomic E-state index is 12.4. The van der Waals surface area contributed by atoms with E-state index in [4.69, 9.17) is 5.73 Å². The van der Waals surface area contributed by atoms with Crippen molar-refractivity contribution in [3.63, 3.8) is 0 Å². The number of aromatic nitrogens is 2. The highest BCUT2D eigenvalue weighted by Gasteiger charge is 2.29. The lowest BCUT2D eigenvalue weighted by atomic mass is 9.78. The molecule has 0 saturated heterocycles. The van der Waals surface area contributed by atoms with Crippen LogP contribution in [0.4, 0.5) is 5.69 Å². The number of fused-ring (bicyclic) bond motifs is 1. The Morgan fingerprint density at radius 2 is 2.00 bits per heavy atom. The molecule has 2 unspecified atom stereocenters. The summed E-state index contributed by atoms with van der Waals surface area (Å²) in [4.78, 5) is 29.0. The Morgan fingerprint density at radius 3 is 2.81 bits per heavy atom. The van der Waals surface area contributed by atoms with E-state index in [2.05, 4.69) is 15.3 Å². The van der Waals surface area contributed by atoms with Gasteiger partial charge in [-0.25, -0.2) is 4.79 Å². The van der Waals surface area contributed by atoms with Crippen LogP contribution in [-0.2, 0) is 4.79 Å². The number of carbonyl (C=O) groups excluding carboxylic acids is 1. The number of benzene rings is 1. The zero-order chi connectivity index (χ0) is 14.8. The van der Waals surface area contributed by atoms with Gasteiger partial charge in [-0.2, -0.15) is 0 Å². The van der Waals surface area contributed by atoms with Crippen LogP contribution in [0.15, 0.2) is 23.0 Å². The largest absolute Gasteiger partial charge is 0.330 e. The number of H-pyrrole nitrogens is 2. The second-order valence-electron chi connectivity index (χ2n) is 5.72. The van der Waals surface area contributed by atoms with Crippen molar-refractivity contribution in [1.29, 1.82) is 0 Å². The molecule has 1 aromatic carbocycles. The normalized spacial score (nSPS) is 22.3. The van der Waals surface area contributed by atoms with Crippen molar-refractivity contribution in [2.24, 2.45) is 17.6 Å². The van der Waals surface area contributed by atoms with E-state index in [0.29, 0.717) is 17.7 Å². The van der Waals surface area contributed by atoms with Crippen molar-refractivity contribution in [2.75, 3.05) is 11.9 Å². The topological polar surface area (TPSA) is 104 Å². The highest BCUT2D eigenvalue weighted by Crippen LogP contribution is 2.30. The van der Waals surface area contributed by atoms with Crippen LogP contribution in [0, 0.1) is 11.8 Å². The molecular formula is C15H20N4O2. The first kappa shape index (κ1) is 13.9. The third-order valence-electron chi connectivity index (χ3n) is 4.33. The molecule has 0 bridgehead atoms. The minimum absolute atomic E-state index is 0.00952. The van der Waals surface area contributed by atoms with E-state index in [1.165, 1.54) is 0 Å². The molecule has 6 heteroatoms. The molecule has 2 aromatic rings. The Hall–Kier alpha value is -2.08. The summed E-state index contributed by atoms with van der Waals surface area (Å²) < 4.78 is 0. The Kier molecular flexibility index (Phi) is 3.79. The first-order valence-corrected chi connectivity index (χ1v) is 7.40. The molecule has 0 aliphatic heterocycles. The summed E-state index contributed by atoms with van der Waals surface area (Å²) in [5, 5.41) is 2.95. The zero-order valence-corrected chi connectivity index (χ0v) is 11.8. The maximum absolute atomic E-state index is 12.4. The van der Waals surface area contributed by atoms with Crippen LogP contribution in [0.2, 0.25) is 0 Å². The van der Waals surface area contributed by atoms with Gasteiger partial charge in [0.05, 0.1) is 11.0 Å². The van der Waals surface area contributed by atoms with Gasteiger partial charge in [-0.05, 0) is 43.5 Å². The van der Waals surface area contributed by atoms with E-state index < -0.39 is 0 Å². The molecule has 1 fully saturated rings. The van der Waals surface area contributed by atoms with Crippen LogP contribution in [0.25, 0.3) is 11.0 Å². The van der Waals surface area contributed by atoms with Crippen molar-refractivity contribution in [3.05, 3.63) is 28.7 Å². The predicted octanol–water partition coefficient (Wildman–Crippen LogP) is 1.56. The summed E-state index contributed by atoms with van der Waals surface area (Å²) in [6.45, 7) is 0.558. The highest BCUT2D eigenvalue weighted by atomic mass is 16.2.